The first-order valence-corrected chi connectivity index (χ1v) is 9.12. The molecule has 0 amide bonds. The number of ketones is 1. The lowest BCUT2D eigenvalue weighted by atomic mass is 9.76. The van der Waals surface area contributed by atoms with Crippen molar-refractivity contribution in [1.82, 2.24) is 19.1 Å². The number of rotatable bonds is 5. The monoisotopic (exact) mass is 434 g/mol. The van der Waals surface area contributed by atoms with E-state index in [1.165, 1.54) is 26.2 Å². The summed E-state index contributed by atoms with van der Waals surface area (Å²) < 4.78 is 7.04. The van der Waals surface area contributed by atoms with Gasteiger partial charge in [-0.05, 0) is 31.2 Å². The topological polar surface area (TPSA) is 200 Å². The average molecular weight is 434 g/mol. The summed E-state index contributed by atoms with van der Waals surface area (Å²) in [4.78, 5) is 22.2. The second kappa shape index (κ2) is 6.37. The normalized spacial score (nSPS) is 15.7. The minimum Gasteiger partial charge on any atom is -0.497 e. The van der Waals surface area contributed by atoms with Crippen LogP contribution in [0.2, 0.25) is 0 Å². The Bertz CT molecular complexity index is 1320. The number of nitrogens with zero attached hydrogens (tertiary/aromatic N) is 8. The lowest BCUT2D eigenvalue weighted by Crippen LogP contribution is -2.35. The minimum absolute atomic E-state index is 0.102. The van der Waals surface area contributed by atoms with Crippen LogP contribution < -0.4 is 4.74 Å². The molecule has 5 rings (SSSR count). The Morgan fingerprint density at radius 2 is 1.38 bits per heavy atom. The first-order chi connectivity index (χ1) is 15.3. The van der Waals surface area contributed by atoms with E-state index in [4.69, 9.17) is 15.6 Å². The van der Waals surface area contributed by atoms with Crippen LogP contribution in [0.15, 0.2) is 44.7 Å². The molecular formula is C18H14N10O4. The largest absolute Gasteiger partial charge is 0.497 e. The van der Waals surface area contributed by atoms with E-state index in [0.717, 1.165) is 9.13 Å². The van der Waals surface area contributed by atoms with Gasteiger partial charge in [-0.2, -0.15) is 0 Å². The molecule has 2 aliphatic heterocycles. The maximum absolute atomic E-state index is 13.8. The van der Waals surface area contributed by atoms with Crippen molar-refractivity contribution >= 4 is 29.6 Å². The molecule has 0 bridgehead atoms. The van der Waals surface area contributed by atoms with Gasteiger partial charge >= 0.3 is 0 Å². The van der Waals surface area contributed by atoms with Gasteiger partial charge in [0.25, 0.3) is 23.8 Å². The van der Waals surface area contributed by atoms with Crippen LogP contribution in [0, 0.1) is 10.8 Å². The zero-order chi connectivity index (χ0) is 22.8. The van der Waals surface area contributed by atoms with E-state index in [1.807, 2.05) is 0 Å². The molecule has 0 saturated heterocycles. The predicted octanol–water partition coefficient (Wildman–Crippen LogP) is 2.45. The van der Waals surface area contributed by atoms with E-state index in [9.17, 15) is 15.0 Å². The summed E-state index contributed by atoms with van der Waals surface area (Å²) in [6.45, 7) is 1.41. The number of Topliss-reactive ketones (excluding diaryl/α,β-unsaturated/α-hetero) is 1. The molecule has 0 radical (unpaired) electrons. The van der Waals surface area contributed by atoms with E-state index >= 15 is 0 Å². The third kappa shape index (κ3) is 2.36. The summed E-state index contributed by atoms with van der Waals surface area (Å²) in [5.74, 6) is -2.13. The zero-order valence-corrected chi connectivity index (χ0v) is 16.6. The van der Waals surface area contributed by atoms with E-state index in [0.29, 0.717) is 5.75 Å². The molecular weight excluding hydrogens is 420 g/mol. The zero-order valence-electron chi connectivity index (χ0n) is 16.6. The third-order valence-electron chi connectivity index (χ3n) is 5.32. The van der Waals surface area contributed by atoms with Gasteiger partial charge in [0.15, 0.2) is 5.78 Å². The Morgan fingerprint density at radius 3 is 1.78 bits per heavy atom. The van der Waals surface area contributed by atoms with Gasteiger partial charge in [-0.25, -0.2) is 19.1 Å². The first kappa shape index (κ1) is 19.2. The molecule has 4 heterocycles. The molecule has 32 heavy (non-hydrogen) atoms. The van der Waals surface area contributed by atoms with E-state index in [-0.39, 0.29) is 40.8 Å². The minimum atomic E-state index is -1.86. The summed E-state index contributed by atoms with van der Waals surface area (Å²) in [5.41, 5.74) is -2.05. The molecule has 0 spiro atoms. The summed E-state index contributed by atoms with van der Waals surface area (Å²) in [5, 5.41) is 51.9. The molecule has 160 valence electrons. The molecule has 0 aliphatic carbocycles. The van der Waals surface area contributed by atoms with Crippen molar-refractivity contribution < 1.29 is 19.7 Å². The predicted molar refractivity (Wildman–Crippen MR) is 107 cm³/mol. The molecule has 0 atom stereocenters. The number of benzene rings is 1. The Kier molecular flexibility index (Phi) is 3.83. The number of methoxy groups -OCH3 is 1. The van der Waals surface area contributed by atoms with Gasteiger partial charge in [0, 0.05) is 5.56 Å². The van der Waals surface area contributed by atoms with Crippen LogP contribution in [-0.4, -0.2) is 54.1 Å². The summed E-state index contributed by atoms with van der Waals surface area (Å²) in [6, 6.07) is 6.21. The van der Waals surface area contributed by atoms with Gasteiger partial charge in [-0.15, -0.1) is 20.5 Å². The number of fused-ring (bicyclic) bond motifs is 2. The molecule has 1 aromatic carbocycles. The Labute approximate surface area is 178 Å². The number of hydrogen-bond acceptors (Lipinski definition) is 10. The number of carbonyl (C=O) groups is 1. The molecule has 14 nitrogen and oxygen atoms in total. The van der Waals surface area contributed by atoms with Gasteiger partial charge in [-0.1, -0.05) is 0 Å². The van der Waals surface area contributed by atoms with Crippen LogP contribution >= 0.6 is 0 Å². The average Bonchev–Trinajstić information content (AvgIpc) is 3.52. The number of aromatic nitrogens is 4. The highest BCUT2D eigenvalue weighted by atomic mass is 16.5. The fourth-order valence-electron chi connectivity index (χ4n) is 3.63. The number of azo groups is 2. The number of nitrogens with one attached hydrogen (secondary N) is 2. The highest BCUT2D eigenvalue weighted by Crippen LogP contribution is 2.46. The van der Waals surface area contributed by atoms with Crippen LogP contribution in [-0.2, 0) is 5.41 Å². The number of aromatic hydroxyl groups is 2. The van der Waals surface area contributed by atoms with Crippen LogP contribution in [0.4, 0.5) is 11.9 Å². The number of imidazole rings is 2. The standard InChI is InChI=1S/C18H14N10O4/c1-18(11(29)7-3-5-8(32-2)6-4-7,9-12(30)27-14(19)23-25-16(27)21-9)10-13(31)28-15(20)24-26-17(28)22-10/h3-6,19-20,30-31H,1-2H3. The van der Waals surface area contributed by atoms with Gasteiger partial charge in [-0.3, -0.25) is 15.6 Å². The number of hydrogen-bond donors (Lipinski definition) is 4. The third-order valence-corrected chi connectivity index (χ3v) is 5.32. The molecule has 0 saturated carbocycles. The van der Waals surface area contributed by atoms with Crippen LogP contribution in [0.3, 0.4) is 0 Å². The van der Waals surface area contributed by atoms with Crippen LogP contribution in [0.1, 0.15) is 28.7 Å². The van der Waals surface area contributed by atoms with E-state index in [2.05, 4.69) is 30.4 Å². The highest BCUT2D eigenvalue weighted by Gasteiger charge is 2.49. The van der Waals surface area contributed by atoms with Crippen molar-refractivity contribution in [2.75, 3.05) is 7.11 Å². The second-order valence-corrected chi connectivity index (χ2v) is 7.07. The molecule has 0 fully saturated rings. The summed E-state index contributed by atoms with van der Waals surface area (Å²) in [7, 11) is 1.49. The van der Waals surface area contributed by atoms with Gasteiger partial charge in [0.1, 0.15) is 22.6 Å². The summed E-state index contributed by atoms with van der Waals surface area (Å²) in [6.07, 6.45) is 0. The summed E-state index contributed by atoms with van der Waals surface area (Å²) >= 11 is 0. The molecule has 14 heteroatoms. The molecule has 2 aliphatic rings. The first-order valence-electron chi connectivity index (χ1n) is 9.12. The van der Waals surface area contributed by atoms with Crippen molar-refractivity contribution in [3.8, 4) is 17.5 Å². The van der Waals surface area contributed by atoms with Gasteiger partial charge in [0.05, 0.1) is 7.11 Å². The SMILES string of the molecule is COc1ccc(C(=O)C(C)(c2nc3n(c2O)C(=N)N=N3)c2nc3n(c2O)C(=N)N=N3)cc1. The fraction of sp³-hybridized carbons (Fsp3) is 0.167. The van der Waals surface area contributed by atoms with Crippen LogP contribution in [0.25, 0.3) is 0 Å². The molecule has 0 unspecified atom stereocenters. The fourth-order valence-corrected chi connectivity index (χ4v) is 3.63. The van der Waals surface area contributed by atoms with Crippen molar-refractivity contribution in [3.05, 3.63) is 41.2 Å². The van der Waals surface area contributed by atoms with Crippen LogP contribution in [0.5, 0.6) is 17.5 Å². The Hall–Kier alpha value is -4.75. The van der Waals surface area contributed by atoms with Crippen molar-refractivity contribution in [2.24, 2.45) is 20.5 Å². The van der Waals surface area contributed by atoms with Crippen molar-refractivity contribution in [1.29, 1.82) is 10.8 Å². The van der Waals surface area contributed by atoms with Gasteiger partial charge < -0.3 is 14.9 Å². The highest BCUT2D eigenvalue weighted by molar-refractivity contribution is 6.07. The van der Waals surface area contributed by atoms with Crippen molar-refractivity contribution in [3.63, 3.8) is 0 Å². The molecule has 4 N–H and O–H groups in total. The quantitative estimate of drug-likeness (QED) is 0.444. The Morgan fingerprint density at radius 1 is 0.906 bits per heavy atom. The van der Waals surface area contributed by atoms with Gasteiger partial charge in [0.2, 0.25) is 11.8 Å². The van der Waals surface area contributed by atoms with E-state index in [1.54, 1.807) is 12.1 Å². The lowest BCUT2D eigenvalue weighted by molar-refractivity contribution is 0.0913. The molecule has 2 aromatic heterocycles. The smallest absolute Gasteiger partial charge is 0.259 e. The Balaban J connectivity index is 1.76. The van der Waals surface area contributed by atoms with Crippen molar-refractivity contribution in [2.45, 2.75) is 12.3 Å². The molecule has 3 aromatic rings. The lowest BCUT2D eigenvalue weighted by Gasteiger charge is -2.25. The van der Waals surface area contributed by atoms with E-state index < -0.39 is 23.0 Å². The number of carbonyl (C=O) groups excluding carboxylic acids is 1. The second-order valence-electron chi connectivity index (χ2n) is 7.07. The number of ether oxygens (including phenoxy) is 1. The maximum Gasteiger partial charge on any atom is 0.259 e. The maximum atomic E-state index is 13.8.